The zero-order valence-electron chi connectivity index (χ0n) is 20.2. The van der Waals surface area contributed by atoms with Crippen molar-refractivity contribution >= 4 is 23.2 Å². The number of aromatic nitrogens is 3. The third kappa shape index (κ3) is 4.24. The van der Waals surface area contributed by atoms with Crippen molar-refractivity contribution in [2.24, 2.45) is 11.7 Å². The third-order valence-electron chi connectivity index (χ3n) is 6.50. The summed E-state index contributed by atoms with van der Waals surface area (Å²) in [5, 5.41) is 6.33. The van der Waals surface area contributed by atoms with Crippen LogP contribution in [0.1, 0.15) is 86.2 Å². The van der Waals surface area contributed by atoms with E-state index in [0.29, 0.717) is 29.3 Å². The maximum atomic E-state index is 14.2. The molecule has 3 heterocycles. The van der Waals surface area contributed by atoms with E-state index >= 15 is 0 Å². The second-order valence-corrected chi connectivity index (χ2v) is 11.3. The summed E-state index contributed by atoms with van der Waals surface area (Å²) in [6.45, 7) is 10.4. The van der Waals surface area contributed by atoms with Gasteiger partial charge in [-0.1, -0.05) is 51.9 Å². The molecule has 0 spiro atoms. The molecule has 2 aromatic heterocycles. The number of benzene rings is 1. The summed E-state index contributed by atoms with van der Waals surface area (Å²) in [6.07, 6.45) is 3.73. The third-order valence-corrected chi connectivity index (χ3v) is 7.35. The molecule has 2 amide bonds. The number of amides is 2. The molecule has 180 valence electrons. The first-order valence-electron chi connectivity index (χ1n) is 11.4. The first-order valence-corrected chi connectivity index (χ1v) is 12.3. The molecular weight excluding hydrogens is 450 g/mol. The maximum Gasteiger partial charge on any atom is 0.255 e. The number of nitrogens with zero attached hydrogens (tertiary/aromatic N) is 4. The van der Waals surface area contributed by atoms with E-state index in [1.54, 1.807) is 11.1 Å². The molecular formula is C25H31N5O3S. The van der Waals surface area contributed by atoms with E-state index in [-0.39, 0.29) is 17.2 Å². The van der Waals surface area contributed by atoms with Gasteiger partial charge in [-0.15, -0.1) is 11.3 Å². The second-order valence-electron chi connectivity index (χ2n) is 10.4. The van der Waals surface area contributed by atoms with Gasteiger partial charge in [-0.3, -0.25) is 9.59 Å². The van der Waals surface area contributed by atoms with Crippen LogP contribution in [0.4, 0.5) is 0 Å². The zero-order chi connectivity index (χ0) is 24.7. The largest absolute Gasteiger partial charge is 0.368 e. The summed E-state index contributed by atoms with van der Waals surface area (Å²) >= 11 is 1.43. The van der Waals surface area contributed by atoms with Gasteiger partial charge in [-0.25, -0.2) is 4.98 Å². The molecule has 8 nitrogen and oxygen atoms in total. The van der Waals surface area contributed by atoms with Crippen molar-refractivity contribution in [3.63, 3.8) is 0 Å². The summed E-state index contributed by atoms with van der Waals surface area (Å²) < 4.78 is 5.44. The number of carbonyl (C=O) groups is 2. The number of hydrogen-bond acceptors (Lipinski definition) is 7. The summed E-state index contributed by atoms with van der Waals surface area (Å²) in [4.78, 5) is 37.8. The average molecular weight is 482 g/mol. The Balaban J connectivity index is 1.88. The minimum atomic E-state index is -1.22. The van der Waals surface area contributed by atoms with Crippen molar-refractivity contribution in [3.8, 4) is 0 Å². The van der Waals surface area contributed by atoms with Crippen LogP contribution in [0.5, 0.6) is 0 Å². The second kappa shape index (κ2) is 8.94. The first-order chi connectivity index (χ1) is 16.0. The van der Waals surface area contributed by atoms with E-state index in [9.17, 15) is 9.59 Å². The minimum absolute atomic E-state index is 0.0453. The molecule has 0 aliphatic carbocycles. The molecule has 1 saturated heterocycles. The molecule has 0 saturated carbocycles. The number of hydrogen-bond donors (Lipinski definition) is 1. The van der Waals surface area contributed by atoms with E-state index in [1.165, 1.54) is 17.7 Å². The van der Waals surface area contributed by atoms with Gasteiger partial charge in [0.1, 0.15) is 10.5 Å². The highest BCUT2D eigenvalue weighted by atomic mass is 32.1. The Hall–Kier alpha value is -3.07. The van der Waals surface area contributed by atoms with Gasteiger partial charge in [0.2, 0.25) is 11.8 Å². The molecule has 0 radical (unpaired) electrons. The molecule has 3 atom stereocenters. The summed E-state index contributed by atoms with van der Waals surface area (Å²) in [7, 11) is 0. The van der Waals surface area contributed by atoms with Crippen molar-refractivity contribution in [3.05, 3.63) is 64.2 Å². The van der Waals surface area contributed by atoms with Crippen molar-refractivity contribution in [1.29, 1.82) is 0 Å². The molecule has 1 aliphatic rings. The Kier molecular flexibility index (Phi) is 6.33. The number of rotatable bonds is 6. The highest BCUT2D eigenvalue weighted by molar-refractivity contribution is 7.09. The van der Waals surface area contributed by atoms with Gasteiger partial charge in [0.15, 0.2) is 6.33 Å². The summed E-state index contributed by atoms with van der Waals surface area (Å²) in [5.41, 5.74) is 6.43. The molecule has 0 unspecified atom stereocenters. The summed E-state index contributed by atoms with van der Waals surface area (Å²) in [6, 6.07) is 7.02. The van der Waals surface area contributed by atoms with Gasteiger partial charge in [0, 0.05) is 17.1 Å². The van der Waals surface area contributed by atoms with E-state index < -0.39 is 23.4 Å². The number of likely N-dealkylation sites (tertiary alicyclic amines) is 1. The molecule has 1 aliphatic heterocycles. The average Bonchev–Trinajstić information content (AvgIpc) is 3.52. The number of primary amides is 1. The lowest BCUT2D eigenvalue weighted by Crippen LogP contribution is -2.57. The fourth-order valence-corrected chi connectivity index (χ4v) is 5.79. The van der Waals surface area contributed by atoms with Gasteiger partial charge in [0.25, 0.3) is 5.91 Å². The Bertz CT molecular complexity index is 1140. The molecule has 4 rings (SSSR count). The van der Waals surface area contributed by atoms with E-state index in [0.717, 1.165) is 5.56 Å². The quantitative estimate of drug-likeness (QED) is 0.556. The molecule has 1 aromatic carbocycles. The van der Waals surface area contributed by atoms with Crippen LogP contribution in [0.25, 0.3) is 0 Å². The molecule has 1 fully saturated rings. The van der Waals surface area contributed by atoms with Crippen molar-refractivity contribution in [1.82, 2.24) is 20.0 Å². The van der Waals surface area contributed by atoms with Crippen LogP contribution in [0, 0.1) is 5.92 Å². The molecule has 9 heteroatoms. The number of carbonyl (C=O) groups excluding carboxylic acids is 2. The highest BCUT2D eigenvalue weighted by Crippen LogP contribution is 2.54. The smallest absolute Gasteiger partial charge is 0.255 e. The van der Waals surface area contributed by atoms with Gasteiger partial charge in [0.05, 0.1) is 12.0 Å². The lowest BCUT2D eigenvalue weighted by Gasteiger charge is -2.39. The Morgan fingerprint density at radius 1 is 1.24 bits per heavy atom. The Labute approximate surface area is 203 Å². The van der Waals surface area contributed by atoms with Crippen LogP contribution in [0.15, 0.2) is 46.7 Å². The van der Waals surface area contributed by atoms with Crippen molar-refractivity contribution in [2.45, 2.75) is 70.4 Å². The zero-order valence-corrected chi connectivity index (χ0v) is 21.0. The SMILES string of the molecule is CC(C)C[C@@]1(C(N)=O)C[C@H](c2ncno2)[C@H](c2nccs2)N1C(=O)c1ccc(C(C)(C)C)cc1. The number of nitrogens with two attached hydrogens (primary N) is 1. The Morgan fingerprint density at radius 2 is 1.94 bits per heavy atom. The van der Waals surface area contributed by atoms with Crippen LogP contribution in [-0.4, -0.2) is 37.4 Å². The van der Waals surface area contributed by atoms with Crippen LogP contribution < -0.4 is 5.73 Å². The molecule has 3 aromatic rings. The van der Waals surface area contributed by atoms with Crippen LogP contribution in [-0.2, 0) is 10.2 Å². The van der Waals surface area contributed by atoms with Gasteiger partial charge in [-0.2, -0.15) is 4.98 Å². The lowest BCUT2D eigenvalue weighted by molar-refractivity contribution is -0.129. The van der Waals surface area contributed by atoms with Gasteiger partial charge < -0.3 is 15.2 Å². The van der Waals surface area contributed by atoms with Gasteiger partial charge in [-0.05, 0) is 41.9 Å². The van der Waals surface area contributed by atoms with E-state index in [2.05, 4.69) is 35.9 Å². The predicted molar refractivity (Wildman–Crippen MR) is 129 cm³/mol. The maximum absolute atomic E-state index is 14.2. The summed E-state index contributed by atoms with van der Waals surface area (Å²) in [5.74, 6) is -0.721. The topological polar surface area (TPSA) is 115 Å². The minimum Gasteiger partial charge on any atom is -0.368 e. The van der Waals surface area contributed by atoms with E-state index in [1.807, 2.05) is 43.5 Å². The highest BCUT2D eigenvalue weighted by Gasteiger charge is 2.60. The molecule has 34 heavy (non-hydrogen) atoms. The first kappa shape index (κ1) is 24.1. The Morgan fingerprint density at radius 3 is 2.44 bits per heavy atom. The lowest BCUT2D eigenvalue weighted by atomic mass is 9.83. The monoisotopic (exact) mass is 481 g/mol. The predicted octanol–water partition coefficient (Wildman–Crippen LogP) is 4.46. The molecule has 2 N–H and O–H groups in total. The standard InChI is InChI=1S/C25H31N5O3S/c1-15(2)12-25(23(26)32)13-18(20-28-14-29-33-20)19(21-27-10-11-34-21)30(25)22(31)16-6-8-17(9-7-16)24(3,4)5/h6-11,14-15,18-19H,12-13H2,1-5H3,(H2,26,32)/t18-,19+,25-/m0/s1. The van der Waals surface area contributed by atoms with Gasteiger partial charge >= 0.3 is 0 Å². The van der Waals surface area contributed by atoms with E-state index in [4.69, 9.17) is 10.3 Å². The van der Waals surface area contributed by atoms with Crippen molar-refractivity contribution < 1.29 is 14.1 Å². The molecule has 0 bridgehead atoms. The fourth-order valence-electron chi connectivity index (χ4n) is 5.00. The fraction of sp³-hybridized carbons (Fsp3) is 0.480. The normalized spacial score (nSPS) is 22.9. The number of thiazole rings is 1. The van der Waals surface area contributed by atoms with Crippen LogP contribution >= 0.6 is 11.3 Å². The van der Waals surface area contributed by atoms with Crippen molar-refractivity contribution in [2.75, 3.05) is 0 Å². The van der Waals surface area contributed by atoms with Crippen LogP contribution in [0.3, 0.4) is 0 Å². The van der Waals surface area contributed by atoms with Crippen LogP contribution in [0.2, 0.25) is 0 Å².